The van der Waals surface area contributed by atoms with E-state index in [-0.39, 0.29) is 5.91 Å². The van der Waals surface area contributed by atoms with Crippen molar-refractivity contribution in [3.63, 3.8) is 0 Å². The molecule has 4 heteroatoms. The van der Waals surface area contributed by atoms with Gasteiger partial charge in [0.1, 0.15) is 0 Å². The molecule has 3 rings (SSSR count). The van der Waals surface area contributed by atoms with Crippen molar-refractivity contribution in [3.05, 3.63) is 29.8 Å². The summed E-state index contributed by atoms with van der Waals surface area (Å²) >= 11 is 0. The molecule has 0 radical (unpaired) electrons. The molecule has 2 aliphatic carbocycles. The van der Waals surface area contributed by atoms with Gasteiger partial charge in [0.25, 0.3) is 5.91 Å². The molecule has 2 fully saturated rings. The average molecular weight is 329 g/mol. The quantitative estimate of drug-likeness (QED) is 0.772. The SMILES string of the molecule is NC1CCC(CNc2cccc(C(=O)NC3CCCCC3)c2)CC1. The molecule has 0 heterocycles. The lowest BCUT2D eigenvalue weighted by Crippen LogP contribution is -2.36. The van der Waals surface area contributed by atoms with E-state index in [1.807, 2.05) is 24.3 Å². The lowest BCUT2D eigenvalue weighted by atomic mass is 9.86. The van der Waals surface area contributed by atoms with Crippen LogP contribution in [-0.2, 0) is 0 Å². The van der Waals surface area contributed by atoms with E-state index in [2.05, 4.69) is 10.6 Å². The Morgan fingerprint density at radius 2 is 1.79 bits per heavy atom. The van der Waals surface area contributed by atoms with E-state index < -0.39 is 0 Å². The van der Waals surface area contributed by atoms with Crippen molar-refractivity contribution in [3.8, 4) is 0 Å². The van der Waals surface area contributed by atoms with Crippen LogP contribution in [0, 0.1) is 5.92 Å². The molecule has 4 N–H and O–H groups in total. The standard InChI is InChI=1S/C20H31N3O/c21-17-11-9-15(10-12-17)14-22-19-8-4-5-16(13-19)20(24)23-18-6-2-1-3-7-18/h4-5,8,13,15,17-18,22H,1-3,6-7,9-12,14,21H2,(H,23,24). The van der Waals surface area contributed by atoms with Gasteiger partial charge in [-0.2, -0.15) is 0 Å². The van der Waals surface area contributed by atoms with Crippen LogP contribution in [0.1, 0.15) is 68.1 Å². The molecule has 0 saturated heterocycles. The van der Waals surface area contributed by atoms with Crippen molar-refractivity contribution in [2.24, 2.45) is 11.7 Å². The molecular weight excluding hydrogens is 298 g/mol. The highest BCUT2D eigenvalue weighted by molar-refractivity contribution is 5.95. The number of carbonyl (C=O) groups is 1. The predicted octanol–water partition coefficient (Wildman–Crippen LogP) is 3.68. The van der Waals surface area contributed by atoms with Gasteiger partial charge in [0.05, 0.1) is 0 Å². The normalized spacial score (nSPS) is 25.2. The van der Waals surface area contributed by atoms with Gasteiger partial charge in [-0.15, -0.1) is 0 Å². The summed E-state index contributed by atoms with van der Waals surface area (Å²) in [6.07, 6.45) is 10.7. The number of amides is 1. The third-order valence-corrected chi connectivity index (χ3v) is 5.55. The Hall–Kier alpha value is -1.55. The summed E-state index contributed by atoms with van der Waals surface area (Å²) < 4.78 is 0. The van der Waals surface area contributed by atoms with Crippen LogP contribution in [0.2, 0.25) is 0 Å². The van der Waals surface area contributed by atoms with Gasteiger partial charge in [0.15, 0.2) is 0 Å². The van der Waals surface area contributed by atoms with E-state index in [1.54, 1.807) is 0 Å². The van der Waals surface area contributed by atoms with Crippen molar-refractivity contribution in [2.45, 2.75) is 69.9 Å². The number of hydrogen-bond acceptors (Lipinski definition) is 3. The monoisotopic (exact) mass is 329 g/mol. The first-order chi connectivity index (χ1) is 11.7. The van der Waals surface area contributed by atoms with Gasteiger partial charge in [-0.3, -0.25) is 4.79 Å². The molecule has 0 spiro atoms. The van der Waals surface area contributed by atoms with E-state index in [0.29, 0.717) is 18.0 Å². The summed E-state index contributed by atoms with van der Waals surface area (Å²) in [5.74, 6) is 0.763. The Morgan fingerprint density at radius 1 is 1.04 bits per heavy atom. The maximum Gasteiger partial charge on any atom is 0.251 e. The van der Waals surface area contributed by atoms with Crippen LogP contribution in [0.25, 0.3) is 0 Å². The Kier molecular flexibility index (Phi) is 6.13. The minimum Gasteiger partial charge on any atom is -0.385 e. The largest absolute Gasteiger partial charge is 0.385 e. The topological polar surface area (TPSA) is 67.1 Å². The molecular formula is C20H31N3O. The molecule has 0 atom stereocenters. The van der Waals surface area contributed by atoms with E-state index in [4.69, 9.17) is 5.73 Å². The van der Waals surface area contributed by atoms with Gasteiger partial charge in [-0.25, -0.2) is 0 Å². The van der Waals surface area contributed by atoms with Crippen molar-refractivity contribution in [1.82, 2.24) is 5.32 Å². The fourth-order valence-corrected chi connectivity index (χ4v) is 3.94. The zero-order valence-corrected chi connectivity index (χ0v) is 14.6. The lowest BCUT2D eigenvalue weighted by Gasteiger charge is -2.26. The van der Waals surface area contributed by atoms with Gasteiger partial charge in [0, 0.05) is 29.9 Å². The highest BCUT2D eigenvalue weighted by Crippen LogP contribution is 2.24. The Balaban J connectivity index is 1.50. The minimum absolute atomic E-state index is 0.0641. The summed E-state index contributed by atoms with van der Waals surface area (Å²) in [7, 11) is 0. The number of rotatable bonds is 5. The van der Waals surface area contributed by atoms with Crippen LogP contribution < -0.4 is 16.4 Å². The molecule has 132 valence electrons. The first-order valence-corrected chi connectivity index (χ1v) is 9.61. The second-order valence-corrected chi connectivity index (χ2v) is 7.55. The Bertz CT molecular complexity index is 531. The van der Waals surface area contributed by atoms with Gasteiger partial charge >= 0.3 is 0 Å². The van der Waals surface area contributed by atoms with Crippen molar-refractivity contribution in [1.29, 1.82) is 0 Å². The van der Waals surface area contributed by atoms with Crippen molar-refractivity contribution >= 4 is 11.6 Å². The zero-order chi connectivity index (χ0) is 16.8. The van der Waals surface area contributed by atoms with Crippen molar-refractivity contribution in [2.75, 3.05) is 11.9 Å². The molecule has 24 heavy (non-hydrogen) atoms. The summed E-state index contributed by atoms with van der Waals surface area (Å²) in [5, 5.41) is 6.70. The number of carbonyl (C=O) groups excluding carboxylic acids is 1. The fourth-order valence-electron chi connectivity index (χ4n) is 3.94. The summed E-state index contributed by atoms with van der Waals surface area (Å²) in [6, 6.07) is 8.65. The molecule has 2 aliphatic rings. The maximum absolute atomic E-state index is 12.5. The second-order valence-electron chi connectivity index (χ2n) is 7.55. The summed E-state index contributed by atoms with van der Waals surface area (Å²) in [4.78, 5) is 12.5. The highest BCUT2D eigenvalue weighted by Gasteiger charge is 2.19. The van der Waals surface area contributed by atoms with Gasteiger partial charge in [-0.1, -0.05) is 25.3 Å². The van der Waals surface area contributed by atoms with Crippen LogP contribution in [-0.4, -0.2) is 24.5 Å². The Labute approximate surface area is 145 Å². The van der Waals surface area contributed by atoms with Gasteiger partial charge in [-0.05, 0) is 62.6 Å². The second kappa shape index (κ2) is 8.52. The molecule has 1 aromatic carbocycles. The van der Waals surface area contributed by atoms with Crippen LogP contribution in [0.3, 0.4) is 0 Å². The molecule has 0 unspecified atom stereocenters. The predicted molar refractivity (Wildman–Crippen MR) is 99.2 cm³/mol. The summed E-state index contributed by atoms with van der Waals surface area (Å²) in [5.41, 5.74) is 7.77. The zero-order valence-electron chi connectivity index (χ0n) is 14.6. The molecule has 0 aromatic heterocycles. The van der Waals surface area contributed by atoms with E-state index in [0.717, 1.165) is 43.5 Å². The first kappa shape index (κ1) is 17.3. The number of nitrogens with one attached hydrogen (secondary N) is 2. The van der Waals surface area contributed by atoms with Gasteiger partial charge in [0.2, 0.25) is 0 Å². The third-order valence-electron chi connectivity index (χ3n) is 5.55. The highest BCUT2D eigenvalue weighted by atomic mass is 16.1. The lowest BCUT2D eigenvalue weighted by molar-refractivity contribution is 0.0928. The smallest absolute Gasteiger partial charge is 0.251 e. The number of hydrogen-bond donors (Lipinski definition) is 3. The first-order valence-electron chi connectivity index (χ1n) is 9.61. The maximum atomic E-state index is 12.5. The Morgan fingerprint density at radius 3 is 2.54 bits per heavy atom. The molecule has 2 saturated carbocycles. The van der Waals surface area contributed by atoms with Crippen LogP contribution in [0.15, 0.2) is 24.3 Å². The van der Waals surface area contributed by atoms with Gasteiger partial charge < -0.3 is 16.4 Å². The van der Waals surface area contributed by atoms with Crippen molar-refractivity contribution < 1.29 is 4.79 Å². The van der Waals surface area contributed by atoms with E-state index >= 15 is 0 Å². The molecule has 0 bridgehead atoms. The third kappa shape index (κ3) is 4.97. The fraction of sp³-hybridized carbons (Fsp3) is 0.650. The molecule has 0 aliphatic heterocycles. The summed E-state index contributed by atoms with van der Waals surface area (Å²) in [6.45, 7) is 0.973. The number of anilines is 1. The van der Waals surface area contributed by atoms with Crippen LogP contribution in [0.4, 0.5) is 5.69 Å². The minimum atomic E-state index is 0.0641. The number of nitrogens with two attached hydrogens (primary N) is 1. The van der Waals surface area contributed by atoms with Crippen LogP contribution in [0.5, 0.6) is 0 Å². The molecule has 4 nitrogen and oxygen atoms in total. The number of benzene rings is 1. The van der Waals surface area contributed by atoms with E-state index in [1.165, 1.54) is 32.1 Å². The molecule has 1 aromatic rings. The van der Waals surface area contributed by atoms with Crippen LogP contribution >= 0.6 is 0 Å². The molecule has 1 amide bonds. The average Bonchev–Trinajstić information content (AvgIpc) is 2.62. The van der Waals surface area contributed by atoms with E-state index in [9.17, 15) is 4.79 Å².